The quantitative estimate of drug-likeness (QED) is 0.895. The Bertz CT molecular complexity index is 691. The van der Waals surface area contributed by atoms with Crippen molar-refractivity contribution in [3.63, 3.8) is 0 Å². The first-order valence-electron chi connectivity index (χ1n) is 6.38. The monoisotopic (exact) mass is 289 g/mol. The smallest absolute Gasteiger partial charge is 0.354 e. The summed E-state index contributed by atoms with van der Waals surface area (Å²) in [7, 11) is 0. The van der Waals surface area contributed by atoms with Gasteiger partial charge in [-0.3, -0.25) is 4.79 Å². The Hall–Kier alpha value is -2.70. The van der Waals surface area contributed by atoms with Crippen LogP contribution in [0.25, 0.3) is 0 Å². The summed E-state index contributed by atoms with van der Waals surface area (Å²) in [4.78, 5) is 27.0. The second-order valence-electron chi connectivity index (χ2n) is 4.83. The van der Waals surface area contributed by atoms with Gasteiger partial charge < -0.3 is 14.9 Å². The van der Waals surface area contributed by atoms with E-state index in [4.69, 9.17) is 9.63 Å². The highest BCUT2D eigenvalue weighted by atomic mass is 16.5. The fourth-order valence-electron chi connectivity index (χ4n) is 1.86. The van der Waals surface area contributed by atoms with Crippen LogP contribution in [0.15, 0.2) is 22.7 Å². The third-order valence-corrected chi connectivity index (χ3v) is 2.85. The minimum atomic E-state index is -1.16. The predicted octanol–water partition coefficient (Wildman–Crippen LogP) is 2.45. The van der Waals surface area contributed by atoms with Crippen LogP contribution in [0.3, 0.4) is 0 Å². The van der Waals surface area contributed by atoms with E-state index in [1.54, 1.807) is 6.92 Å². The van der Waals surface area contributed by atoms with Crippen LogP contribution in [-0.4, -0.2) is 27.1 Å². The highest BCUT2D eigenvalue weighted by Gasteiger charge is 2.23. The maximum atomic E-state index is 12.3. The van der Waals surface area contributed by atoms with Gasteiger partial charge in [-0.15, -0.1) is 0 Å². The Morgan fingerprint density at radius 2 is 2.05 bits per heavy atom. The first kappa shape index (κ1) is 14.7. The van der Waals surface area contributed by atoms with Crippen molar-refractivity contribution in [1.29, 1.82) is 0 Å². The molecule has 2 N–H and O–H groups in total. The molecule has 0 spiro atoms. The lowest BCUT2D eigenvalue weighted by Gasteiger charge is -2.07. The Balaban J connectivity index is 2.28. The van der Waals surface area contributed by atoms with Gasteiger partial charge in [0.15, 0.2) is 11.5 Å². The van der Waals surface area contributed by atoms with Crippen molar-refractivity contribution in [2.24, 2.45) is 0 Å². The lowest BCUT2D eigenvalue weighted by atomic mass is 10.0. The zero-order valence-corrected chi connectivity index (χ0v) is 11.9. The van der Waals surface area contributed by atoms with Crippen molar-refractivity contribution < 1.29 is 19.2 Å². The molecular formula is C14H15N3O4. The number of pyridine rings is 1. The number of nitrogens with zero attached hydrogens (tertiary/aromatic N) is 2. The number of carbonyl (C=O) groups excluding carboxylic acids is 1. The number of carboxylic acid groups (broad SMARTS) is 1. The number of amides is 1. The van der Waals surface area contributed by atoms with Crippen LogP contribution < -0.4 is 5.32 Å². The average molecular weight is 289 g/mol. The summed E-state index contributed by atoms with van der Waals surface area (Å²) in [5.41, 5.74) is 0.692. The van der Waals surface area contributed by atoms with Gasteiger partial charge in [-0.25, -0.2) is 9.78 Å². The van der Waals surface area contributed by atoms with E-state index in [0.717, 1.165) is 0 Å². The number of rotatable bonds is 4. The van der Waals surface area contributed by atoms with Gasteiger partial charge >= 0.3 is 5.97 Å². The summed E-state index contributed by atoms with van der Waals surface area (Å²) >= 11 is 0. The molecule has 1 amide bonds. The molecule has 0 fully saturated rings. The van der Waals surface area contributed by atoms with Crippen LogP contribution in [0.1, 0.15) is 52.1 Å². The summed E-state index contributed by atoms with van der Waals surface area (Å²) in [6.45, 7) is 5.45. The van der Waals surface area contributed by atoms with Crippen LogP contribution in [0.4, 0.5) is 5.82 Å². The maximum Gasteiger partial charge on any atom is 0.354 e. The molecule has 21 heavy (non-hydrogen) atoms. The topological polar surface area (TPSA) is 105 Å². The first-order chi connectivity index (χ1) is 9.90. The Morgan fingerprint density at radius 3 is 2.67 bits per heavy atom. The Kier molecular flexibility index (Phi) is 4.02. The summed E-state index contributed by atoms with van der Waals surface area (Å²) in [6, 6.07) is 4.38. The molecule has 2 aromatic heterocycles. The van der Waals surface area contributed by atoms with Crippen molar-refractivity contribution in [3.8, 4) is 0 Å². The highest BCUT2D eigenvalue weighted by Crippen LogP contribution is 2.23. The molecule has 0 aromatic carbocycles. The number of aryl methyl sites for hydroxylation is 1. The summed E-state index contributed by atoms with van der Waals surface area (Å²) in [6.07, 6.45) is 0. The van der Waals surface area contributed by atoms with Gasteiger partial charge in [0.25, 0.3) is 5.91 Å². The molecule has 0 atom stereocenters. The Morgan fingerprint density at radius 1 is 1.33 bits per heavy atom. The molecule has 110 valence electrons. The number of carbonyl (C=O) groups is 2. The van der Waals surface area contributed by atoms with E-state index < -0.39 is 11.9 Å². The molecule has 2 heterocycles. The van der Waals surface area contributed by atoms with Crippen molar-refractivity contribution in [2.45, 2.75) is 26.7 Å². The van der Waals surface area contributed by atoms with Gasteiger partial charge in [-0.1, -0.05) is 25.1 Å². The molecule has 0 saturated heterocycles. The fourth-order valence-corrected chi connectivity index (χ4v) is 1.86. The van der Waals surface area contributed by atoms with Crippen molar-refractivity contribution in [2.75, 3.05) is 5.32 Å². The number of hydrogen-bond acceptors (Lipinski definition) is 5. The van der Waals surface area contributed by atoms with Crippen LogP contribution in [-0.2, 0) is 0 Å². The number of anilines is 1. The van der Waals surface area contributed by atoms with E-state index in [1.165, 1.54) is 18.2 Å². The molecule has 2 rings (SSSR count). The second kappa shape index (κ2) is 5.74. The lowest BCUT2D eigenvalue weighted by molar-refractivity contribution is 0.0690. The van der Waals surface area contributed by atoms with E-state index >= 15 is 0 Å². The van der Waals surface area contributed by atoms with E-state index in [2.05, 4.69) is 15.5 Å². The van der Waals surface area contributed by atoms with Gasteiger partial charge in [0, 0.05) is 5.92 Å². The average Bonchev–Trinajstić information content (AvgIpc) is 2.81. The van der Waals surface area contributed by atoms with E-state index in [9.17, 15) is 9.59 Å². The van der Waals surface area contributed by atoms with Gasteiger partial charge in [0.1, 0.15) is 11.4 Å². The molecule has 0 aliphatic heterocycles. The number of carboxylic acids is 1. The summed E-state index contributed by atoms with van der Waals surface area (Å²) in [5, 5.41) is 15.2. The molecule has 0 aliphatic rings. The third kappa shape index (κ3) is 3.07. The van der Waals surface area contributed by atoms with E-state index in [0.29, 0.717) is 17.0 Å². The molecule has 0 bridgehead atoms. The highest BCUT2D eigenvalue weighted by molar-refractivity contribution is 6.05. The Labute approximate surface area is 121 Å². The number of hydrogen-bond donors (Lipinski definition) is 2. The predicted molar refractivity (Wildman–Crippen MR) is 74.5 cm³/mol. The molecule has 2 aromatic rings. The van der Waals surface area contributed by atoms with E-state index in [-0.39, 0.29) is 17.4 Å². The number of aromatic carboxylic acids is 1. The van der Waals surface area contributed by atoms with Gasteiger partial charge in [-0.2, -0.15) is 0 Å². The van der Waals surface area contributed by atoms with Crippen molar-refractivity contribution >= 4 is 17.7 Å². The zero-order chi connectivity index (χ0) is 15.6. The molecule has 0 radical (unpaired) electrons. The van der Waals surface area contributed by atoms with Gasteiger partial charge in [-0.05, 0) is 19.1 Å². The fraction of sp³-hybridized carbons (Fsp3) is 0.286. The molecule has 0 saturated carbocycles. The molecular weight excluding hydrogens is 274 g/mol. The standard InChI is InChI=1S/C14H15N3O4/c1-7(2)12-11(8(3)17-21-12)13(18)16-10-6-4-5-9(15-10)14(19)20/h4-7H,1-3H3,(H,19,20)(H,15,16,18). The van der Waals surface area contributed by atoms with Crippen LogP contribution in [0, 0.1) is 6.92 Å². The normalized spacial score (nSPS) is 10.7. The summed E-state index contributed by atoms with van der Waals surface area (Å²) in [5.74, 6) is -0.928. The van der Waals surface area contributed by atoms with Crippen LogP contribution in [0.2, 0.25) is 0 Å². The zero-order valence-electron chi connectivity index (χ0n) is 11.9. The minimum absolute atomic E-state index is 0.00487. The number of nitrogens with one attached hydrogen (secondary N) is 1. The maximum absolute atomic E-state index is 12.3. The lowest BCUT2D eigenvalue weighted by Crippen LogP contribution is -2.16. The van der Waals surface area contributed by atoms with Crippen LogP contribution >= 0.6 is 0 Å². The largest absolute Gasteiger partial charge is 0.477 e. The third-order valence-electron chi connectivity index (χ3n) is 2.85. The molecule has 7 heteroatoms. The van der Waals surface area contributed by atoms with Crippen molar-refractivity contribution in [3.05, 3.63) is 40.9 Å². The minimum Gasteiger partial charge on any atom is -0.477 e. The molecule has 0 aliphatic carbocycles. The van der Waals surface area contributed by atoms with Gasteiger partial charge in [0.2, 0.25) is 0 Å². The second-order valence-corrected chi connectivity index (χ2v) is 4.83. The van der Waals surface area contributed by atoms with E-state index in [1.807, 2.05) is 13.8 Å². The van der Waals surface area contributed by atoms with Gasteiger partial charge in [0.05, 0.1) is 5.69 Å². The molecule has 0 unspecified atom stereocenters. The SMILES string of the molecule is Cc1noc(C(C)C)c1C(=O)Nc1cccc(C(=O)O)n1. The van der Waals surface area contributed by atoms with Crippen molar-refractivity contribution in [1.82, 2.24) is 10.1 Å². The van der Waals surface area contributed by atoms with Crippen LogP contribution in [0.5, 0.6) is 0 Å². The molecule has 7 nitrogen and oxygen atoms in total. The number of aromatic nitrogens is 2. The first-order valence-corrected chi connectivity index (χ1v) is 6.38. The summed E-state index contributed by atoms with van der Waals surface area (Å²) < 4.78 is 5.15.